The number of aliphatic hydroxyl groups is 2. The van der Waals surface area contributed by atoms with Gasteiger partial charge in [0.1, 0.15) is 10.7 Å². The van der Waals surface area contributed by atoms with Crippen LogP contribution in [0.25, 0.3) is 0 Å². The fourth-order valence-electron chi connectivity index (χ4n) is 1.14. The zero-order valence-corrected chi connectivity index (χ0v) is 9.40. The van der Waals surface area contributed by atoms with Crippen LogP contribution in [0.3, 0.4) is 0 Å². The van der Waals surface area contributed by atoms with Crippen LogP contribution in [0.15, 0.2) is 22.9 Å². The number of hydrogen-bond donors (Lipinski definition) is 3. The van der Waals surface area contributed by atoms with Crippen LogP contribution in [0.5, 0.6) is 0 Å². The van der Waals surface area contributed by atoms with Crippen molar-refractivity contribution in [3.8, 4) is 0 Å². The standard InChI is InChI=1S/C9H13BrN2O2/c1-11-5-7(13)9(14)6-2-3-12-8(10)4-6/h2-4,7,9,11,13-14H,5H2,1H3. The van der Waals surface area contributed by atoms with Crippen molar-refractivity contribution in [3.05, 3.63) is 28.5 Å². The number of likely N-dealkylation sites (N-methyl/N-ethyl adjacent to an activating group) is 1. The molecular formula is C9H13BrN2O2. The molecule has 1 aromatic heterocycles. The van der Waals surface area contributed by atoms with Gasteiger partial charge in [-0.25, -0.2) is 4.98 Å². The Hall–Kier alpha value is -0.490. The smallest absolute Gasteiger partial charge is 0.106 e. The van der Waals surface area contributed by atoms with Gasteiger partial charge in [-0.2, -0.15) is 0 Å². The van der Waals surface area contributed by atoms with Gasteiger partial charge >= 0.3 is 0 Å². The number of pyridine rings is 1. The lowest BCUT2D eigenvalue weighted by Crippen LogP contribution is -2.29. The molecule has 4 nitrogen and oxygen atoms in total. The minimum atomic E-state index is -0.887. The Bertz CT molecular complexity index is 296. The minimum Gasteiger partial charge on any atom is -0.389 e. The second kappa shape index (κ2) is 5.41. The van der Waals surface area contributed by atoms with E-state index in [0.29, 0.717) is 16.7 Å². The number of halogens is 1. The Labute approximate surface area is 91.1 Å². The predicted molar refractivity (Wildman–Crippen MR) is 56.8 cm³/mol. The van der Waals surface area contributed by atoms with E-state index in [-0.39, 0.29) is 0 Å². The Balaban J connectivity index is 2.73. The van der Waals surface area contributed by atoms with Crippen molar-refractivity contribution in [2.75, 3.05) is 13.6 Å². The Morgan fingerprint density at radius 2 is 2.29 bits per heavy atom. The second-order valence-corrected chi connectivity index (χ2v) is 3.79. The van der Waals surface area contributed by atoms with Gasteiger partial charge in [0.05, 0.1) is 6.10 Å². The third-order valence-electron chi connectivity index (χ3n) is 1.87. The van der Waals surface area contributed by atoms with Crippen LogP contribution in [0.4, 0.5) is 0 Å². The summed E-state index contributed by atoms with van der Waals surface area (Å²) in [7, 11) is 1.72. The highest BCUT2D eigenvalue weighted by Gasteiger charge is 2.17. The Morgan fingerprint density at radius 1 is 1.57 bits per heavy atom. The van der Waals surface area contributed by atoms with E-state index in [4.69, 9.17) is 0 Å². The topological polar surface area (TPSA) is 65.4 Å². The summed E-state index contributed by atoms with van der Waals surface area (Å²) in [5.74, 6) is 0. The van der Waals surface area contributed by atoms with Gasteiger partial charge in [0.15, 0.2) is 0 Å². The van der Waals surface area contributed by atoms with Gasteiger partial charge in [-0.1, -0.05) is 0 Å². The van der Waals surface area contributed by atoms with Gasteiger partial charge in [-0.15, -0.1) is 0 Å². The summed E-state index contributed by atoms with van der Waals surface area (Å²) in [5, 5.41) is 22.0. The van der Waals surface area contributed by atoms with Gasteiger partial charge in [-0.3, -0.25) is 0 Å². The molecule has 0 radical (unpaired) electrons. The van der Waals surface area contributed by atoms with E-state index in [2.05, 4.69) is 26.2 Å². The lowest BCUT2D eigenvalue weighted by Gasteiger charge is -2.17. The van der Waals surface area contributed by atoms with Crippen molar-refractivity contribution in [3.63, 3.8) is 0 Å². The van der Waals surface area contributed by atoms with E-state index < -0.39 is 12.2 Å². The number of aromatic nitrogens is 1. The molecule has 1 rings (SSSR count). The van der Waals surface area contributed by atoms with Crippen LogP contribution >= 0.6 is 15.9 Å². The Morgan fingerprint density at radius 3 is 2.86 bits per heavy atom. The highest BCUT2D eigenvalue weighted by Crippen LogP contribution is 2.18. The molecule has 0 aliphatic carbocycles. The zero-order valence-electron chi connectivity index (χ0n) is 7.81. The van der Waals surface area contributed by atoms with Gasteiger partial charge in [0.25, 0.3) is 0 Å². The molecule has 0 aromatic carbocycles. The molecule has 0 aliphatic rings. The van der Waals surface area contributed by atoms with E-state index in [1.807, 2.05) is 0 Å². The first-order chi connectivity index (χ1) is 6.65. The van der Waals surface area contributed by atoms with E-state index in [0.717, 1.165) is 0 Å². The molecule has 0 saturated heterocycles. The summed E-state index contributed by atoms with van der Waals surface area (Å²) < 4.78 is 0.644. The van der Waals surface area contributed by atoms with Crippen LogP contribution in [-0.4, -0.2) is 34.9 Å². The van der Waals surface area contributed by atoms with Gasteiger partial charge in [0, 0.05) is 12.7 Å². The Kier molecular flexibility index (Phi) is 4.47. The second-order valence-electron chi connectivity index (χ2n) is 2.98. The summed E-state index contributed by atoms with van der Waals surface area (Å²) in [5.41, 5.74) is 0.648. The molecule has 78 valence electrons. The van der Waals surface area contributed by atoms with Crippen LogP contribution in [0, 0.1) is 0 Å². The van der Waals surface area contributed by atoms with Crippen LogP contribution < -0.4 is 5.32 Å². The molecule has 0 aliphatic heterocycles. The average Bonchev–Trinajstić information content (AvgIpc) is 2.17. The molecule has 0 amide bonds. The molecular weight excluding hydrogens is 248 g/mol. The summed E-state index contributed by atoms with van der Waals surface area (Å²) in [6.45, 7) is 0.348. The molecule has 0 saturated carbocycles. The van der Waals surface area contributed by atoms with Crippen molar-refractivity contribution in [1.29, 1.82) is 0 Å². The van der Waals surface area contributed by atoms with Crippen molar-refractivity contribution in [2.24, 2.45) is 0 Å². The van der Waals surface area contributed by atoms with E-state index in [1.165, 1.54) is 0 Å². The van der Waals surface area contributed by atoms with Crippen molar-refractivity contribution < 1.29 is 10.2 Å². The molecule has 2 atom stereocenters. The summed E-state index contributed by atoms with van der Waals surface area (Å²) in [6.07, 6.45) is -0.120. The summed E-state index contributed by atoms with van der Waals surface area (Å²) in [6, 6.07) is 3.36. The van der Waals surface area contributed by atoms with E-state index >= 15 is 0 Å². The summed E-state index contributed by atoms with van der Waals surface area (Å²) in [4.78, 5) is 3.94. The van der Waals surface area contributed by atoms with Crippen molar-refractivity contribution in [1.82, 2.24) is 10.3 Å². The number of hydrogen-bond acceptors (Lipinski definition) is 4. The lowest BCUT2D eigenvalue weighted by molar-refractivity contribution is 0.0201. The number of aliphatic hydroxyl groups excluding tert-OH is 2. The molecule has 14 heavy (non-hydrogen) atoms. The fourth-order valence-corrected chi connectivity index (χ4v) is 1.53. The first-order valence-corrected chi connectivity index (χ1v) is 5.06. The zero-order chi connectivity index (χ0) is 10.6. The van der Waals surface area contributed by atoms with E-state index in [1.54, 1.807) is 25.4 Å². The molecule has 1 aromatic rings. The van der Waals surface area contributed by atoms with Gasteiger partial charge in [-0.05, 0) is 40.7 Å². The predicted octanol–water partition coefficient (Wildman–Crippen LogP) is 0.458. The number of nitrogens with one attached hydrogen (secondary N) is 1. The first-order valence-electron chi connectivity index (χ1n) is 4.27. The van der Waals surface area contributed by atoms with Gasteiger partial charge < -0.3 is 15.5 Å². The van der Waals surface area contributed by atoms with Crippen LogP contribution in [0.2, 0.25) is 0 Å². The van der Waals surface area contributed by atoms with Crippen molar-refractivity contribution in [2.45, 2.75) is 12.2 Å². The first kappa shape index (κ1) is 11.6. The molecule has 3 N–H and O–H groups in total. The maximum Gasteiger partial charge on any atom is 0.106 e. The normalized spacial score (nSPS) is 15.1. The molecule has 5 heteroatoms. The number of rotatable bonds is 4. The molecule has 1 heterocycles. The highest BCUT2D eigenvalue weighted by atomic mass is 79.9. The average molecular weight is 261 g/mol. The molecule has 2 unspecified atom stereocenters. The van der Waals surface area contributed by atoms with E-state index in [9.17, 15) is 10.2 Å². The number of nitrogens with zero attached hydrogens (tertiary/aromatic N) is 1. The van der Waals surface area contributed by atoms with Crippen LogP contribution in [-0.2, 0) is 0 Å². The maximum absolute atomic E-state index is 9.71. The molecule has 0 bridgehead atoms. The molecule has 0 fully saturated rings. The monoisotopic (exact) mass is 260 g/mol. The SMILES string of the molecule is CNCC(O)C(O)c1ccnc(Br)c1. The minimum absolute atomic E-state index is 0.348. The van der Waals surface area contributed by atoms with Crippen molar-refractivity contribution >= 4 is 15.9 Å². The quantitative estimate of drug-likeness (QED) is 0.689. The van der Waals surface area contributed by atoms with Gasteiger partial charge in [0.2, 0.25) is 0 Å². The van der Waals surface area contributed by atoms with Crippen LogP contribution in [0.1, 0.15) is 11.7 Å². The fraction of sp³-hybridized carbons (Fsp3) is 0.444. The third kappa shape index (κ3) is 3.02. The highest BCUT2D eigenvalue weighted by molar-refractivity contribution is 9.10. The lowest BCUT2D eigenvalue weighted by atomic mass is 10.1. The largest absolute Gasteiger partial charge is 0.389 e. The third-order valence-corrected chi connectivity index (χ3v) is 2.30. The maximum atomic E-state index is 9.71. The molecule has 0 spiro atoms. The summed E-state index contributed by atoms with van der Waals surface area (Å²) >= 11 is 3.20.